The number of anilines is 1. The van der Waals surface area contributed by atoms with Gasteiger partial charge in [-0.1, -0.05) is 0 Å². The van der Waals surface area contributed by atoms with Crippen LogP contribution >= 0.6 is 0 Å². The number of amides is 1. The minimum atomic E-state index is -4.47. The summed E-state index contributed by atoms with van der Waals surface area (Å²) in [6.07, 6.45) is -5.03. The first-order valence-corrected chi connectivity index (χ1v) is 10.7. The maximum Gasteiger partial charge on any atom is 0.416 e. The fourth-order valence-electron chi connectivity index (χ4n) is 2.86. The Labute approximate surface area is 167 Å². The molecule has 1 aromatic carbocycles. The van der Waals surface area contributed by atoms with Gasteiger partial charge in [-0.3, -0.25) is 9.59 Å². The van der Waals surface area contributed by atoms with Gasteiger partial charge >= 0.3 is 12.1 Å². The van der Waals surface area contributed by atoms with Crippen LogP contribution in [0.1, 0.15) is 32.3 Å². The highest BCUT2D eigenvalue weighted by Crippen LogP contribution is 2.30. The Hall–Kier alpha value is -2.14. The molecule has 1 saturated heterocycles. The first-order valence-electron chi connectivity index (χ1n) is 9.10. The lowest BCUT2D eigenvalue weighted by molar-refractivity contribution is -0.158. The van der Waals surface area contributed by atoms with Crippen LogP contribution in [-0.2, 0) is 30.5 Å². The predicted molar refractivity (Wildman–Crippen MR) is 99.4 cm³/mol. The number of nitrogens with zero attached hydrogens (tertiary/aromatic N) is 1. The monoisotopic (exact) mass is 436 g/mol. The molecule has 11 heteroatoms. The lowest BCUT2D eigenvalue weighted by Gasteiger charge is -2.30. The summed E-state index contributed by atoms with van der Waals surface area (Å²) in [6, 6.07) is 3.90. The van der Waals surface area contributed by atoms with Crippen molar-refractivity contribution in [3.05, 3.63) is 29.8 Å². The van der Waals surface area contributed by atoms with Crippen molar-refractivity contribution in [1.82, 2.24) is 4.31 Å². The zero-order valence-electron chi connectivity index (χ0n) is 16.0. The molecule has 1 atom stereocenters. The van der Waals surface area contributed by atoms with Gasteiger partial charge in [0.2, 0.25) is 10.0 Å². The van der Waals surface area contributed by atoms with E-state index in [1.807, 2.05) is 0 Å². The number of carbonyl (C=O) groups is 2. The van der Waals surface area contributed by atoms with Gasteiger partial charge in [0.25, 0.3) is 5.91 Å². The van der Waals surface area contributed by atoms with E-state index in [2.05, 4.69) is 5.32 Å². The Morgan fingerprint density at radius 3 is 2.24 bits per heavy atom. The van der Waals surface area contributed by atoms with E-state index < -0.39 is 45.7 Å². The van der Waals surface area contributed by atoms with E-state index in [1.54, 1.807) is 6.92 Å². The molecule has 1 aliphatic rings. The number of alkyl halides is 3. The second kappa shape index (κ2) is 9.12. The van der Waals surface area contributed by atoms with Gasteiger partial charge in [-0.05, 0) is 51.0 Å². The van der Waals surface area contributed by atoms with Crippen molar-refractivity contribution in [2.75, 3.05) is 24.2 Å². The van der Waals surface area contributed by atoms with Crippen LogP contribution in [-0.4, -0.2) is 49.5 Å². The fourth-order valence-corrected chi connectivity index (χ4v) is 3.99. The van der Waals surface area contributed by atoms with Crippen molar-refractivity contribution in [1.29, 1.82) is 0 Å². The largest absolute Gasteiger partial charge is 0.452 e. The Bertz CT molecular complexity index is 832. The van der Waals surface area contributed by atoms with Crippen LogP contribution < -0.4 is 5.32 Å². The summed E-state index contributed by atoms with van der Waals surface area (Å²) in [4.78, 5) is 24.4. The van der Waals surface area contributed by atoms with Crippen LogP contribution in [0.15, 0.2) is 24.3 Å². The number of benzene rings is 1. The van der Waals surface area contributed by atoms with Crippen LogP contribution in [0.25, 0.3) is 0 Å². The van der Waals surface area contributed by atoms with E-state index in [0.29, 0.717) is 12.8 Å². The van der Waals surface area contributed by atoms with Gasteiger partial charge in [-0.15, -0.1) is 0 Å². The zero-order chi connectivity index (χ0) is 21.8. The Kier molecular flexibility index (Phi) is 7.28. The Morgan fingerprint density at radius 1 is 1.21 bits per heavy atom. The van der Waals surface area contributed by atoms with Gasteiger partial charge in [-0.2, -0.15) is 13.2 Å². The standard InChI is InChI=1S/C18H23F3N2O5S/c1-3-29(26,27)23-10-8-13(9-11-23)17(25)28-12(2)16(24)22-15-6-4-14(5-7-15)18(19,20)21/h4-7,12-13H,3,8-11H2,1-2H3,(H,22,24). The van der Waals surface area contributed by atoms with E-state index in [-0.39, 0.29) is 24.5 Å². The molecule has 0 aromatic heterocycles. The minimum absolute atomic E-state index is 0.0106. The third-order valence-electron chi connectivity index (χ3n) is 4.69. The lowest BCUT2D eigenvalue weighted by Crippen LogP contribution is -2.42. The molecule has 0 bridgehead atoms. The van der Waals surface area contributed by atoms with Gasteiger partial charge < -0.3 is 10.1 Å². The van der Waals surface area contributed by atoms with Gasteiger partial charge in [0.1, 0.15) is 0 Å². The number of esters is 1. The smallest absolute Gasteiger partial charge is 0.416 e. The number of piperidine rings is 1. The molecule has 1 heterocycles. The quantitative estimate of drug-likeness (QED) is 0.692. The molecule has 7 nitrogen and oxygen atoms in total. The molecule has 0 aliphatic carbocycles. The number of carbonyl (C=O) groups excluding carboxylic acids is 2. The van der Waals surface area contributed by atoms with E-state index in [9.17, 15) is 31.2 Å². The van der Waals surface area contributed by atoms with Crippen LogP contribution in [0.4, 0.5) is 18.9 Å². The number of hydrogen-bond acceptors (Lipinski definition) is 5. The second-order valence-electron chi connectivity index (χ2n) is 6.72. The highest BCUT2D eigenvalue weighted by Gasteiger charge is 2.33. The topological polar surface area (TPSA) is 92.8 Å². The van der Waals surface area contributed by atoms with Gasteiger partial charge in [-0.25, -0.2) is 12.7 Å². The molecule has 0 spiro atoms. The summed E-state index contributed by atoms with van der Waals surface area (Å²) in [5.41, 5.74) is -0.699. The molecule has 0 saturated carbocycles. The van der Waals surface area contributed by atoms with E-state index >= 15 is 0 Å². The maximum atomic E-state index is 12.6. The third kappa shape index (κ3) is 6.17. The lowest BCUT2D eigenvalue weighted by atomic mass is 9.98. The second-order valence-corrected chi connectivity index (χ2v) is 8.97. The van der Waals surface area contributed by atoms with Gasteiger partial charge in [0, 0.05) is 18.8 Å². The molecular weight excluding hydrogens is 413 g/mol. The predicted octanol–water partition coefficient (Wildman–Crippen LogP) is 2.64. The number of nitrogens with one attached hydrogen (secondary N) is 1. The molecule has 0 radical (unpaired) electrons. The SMILES string of the molecule is CCS(=O)(=O)N1CCC(C(=O)OC(C)C(=O)Nc2ccc(C(F)(F)F)cc2)CC1. The summed E-state index contributed by atoms with van der Waals surface area (Å²) in [6.45, 7) is 3.32. The molecule has 29 heavy (non-hydrogen) atoms. The zero-order valence-corrected chi connectivity index (χ0v) is 16.8. The van der Waals surface area contributed by atoms with Crippen molar-refractivity contribution in [3.63, 3.8) is 0 Å². The van der Waals surface area contributed by atoms with Crippen molar-refractivity contribution in [2.24, 2.45) is 5.92 Å². The normalized spacial score (nSPS) is 17.6. The Balaban J connectivity index is 1.86. The molecule has 2 rings (SSSR count). The molecule has 1 fully saturated rings. The summed E-state index contributed by atoms with van der Waals surface area (Å²) < 4.78 is 67.8. The summed E-state index contributed by atoms with van der Waals surface area (Å²) in [5, 5.41) is 2.39. The van der Waals surface area contributed by atoms with Crippen LogP contribution in [0, 0.1) is 5.92 Å². The number of ether oxygens (including phenoxy) is 1. The fraction of sp³-hybridized carbons (Fsp3) is 0.556. The summed E-state index contributed by atoms with van der Waals surface area (Å²) in [5.74, 6) is -1.80. The van der Waals surface area contributed by atoms with Gasteiger partial charge in [0.05, 0.1) is 17.2 Å². The highest BCUT2D eigenvalue weighted by atomic mass is 32.2. The van der Waals surface area contributed by atoms with Crippen LogP contribution in [0.5, 0.6) is 0 Å². The van der Waals surface area contributed by atoms with Crippen molar-refractivity contribution in [2.45, 2.75) is 39.0 Å². The Morgan fingerprint density at radius 2 is 1.76 bits per heavy atom. The van der Waals surface area contributed by atoms with Crippen LogP contribution in [0.3, 0.4) is 0 Å². The average Bonchev–Trinajstić information content (AvgIpc) is 2.67. The number of halogens is 3. The average molecular weight is 436 g/mol. The number of rotatable bonds is 6. The number of hydrogen-bond donors (Lipinski definition) is 1. The minimum Gasteiger partial charge on any atom is -0.452 e. The van der Waals surface area contributed by atoms with Crippen molar-refractivity contribution in [3.8, 4) is 0 Å². The van der Waals surface area contributed by atoms with Crippen molar-refractivity contribution >= 4 is 27.6 Å². The number of sulfonamides is 1. The first-order chi connectivity index (χ1) is 13.4. The molecular formula is C18H23F3N2O5S. The van der Waals surface area contributed by atoms with E-state index in [1.165, 1.54) is 11.2 Å². The maximum absolute atomic E-state index is 12.6. The van der Waals surface area contributed by atoms with E-state index in [4.69, 9.17) is 4.74 Å². The molecule has 1 amide bonds. The molecule has 1 unspecified atom stereocenters. The summed E-state index contributed by atoms with van der Waals surface area (Å²) in [7, 11) is -3.31. The highest BCUT2D eigenvalue weighted by molar-refractivity contribution is 7.89. The molecule has 1 aromatic rings. The van der Waals surface area contributed by atoms with Gasteiger partial charge in [0.15, 0.2) is 6.10 Å². The van der Waals surface area contributed by atoms with E-state index in [0.717, 1.165) is 24.3 Å². The first kappa shape index (κ1) is 23.1. The molecule has 1 aliphatic heterocycles. The molecule has 1 N–H and O–H groups in total. The molecule has 162 valence electrons. The van der Waals surface area contributed by atoms with Crippen LogP contribution in [0.2, 0.25) is 0 Å². The summed E-state index contributed by atoms with van der Waals surface area (Å²) >= 11 is 0. The third-order valence-corrected chi connectivity index (χ3v) is 6.57. The van der Waals surface area contributed by atoms with Crippen molar-refractivity contribution < 1.29 is 35.9 Å².